The first kappa shape index (κ1) is 15.4. The van der Waals surface area contributed by atoms with E-state index in [0.29, 0.717) is 22.8 Å². The number of benzene rings is 1. The van der Waals surface area contributed by atoms with Crippen LogP contribution in [0.1, 0.15) is 27.2 Å². The lowest BCUT2D eigenvalue weighted by Crippen LogP contribution is -2.13. The molecule has 0 aliphatic rings. The van der Waals surface area contributed by atoms with Crippen LogP contribution in [0.25, 0.3) is 0 Å². The molecule has 1 aromatic rings. The van der Waals surface area contributed by atoms with E-state index in [0.717, 1.165) is 0 Å². The molecule has 102 valence electrons. The molecule has 0 radical (unpaired) electrons. The predicted molar refractivity (Wildman–Crippen MR) is 76.0 cm³/mol. The number of hydrogen-bond acceptors (Lipinski definition) is 3. The van der Waals surface area contributed by atoms with Gasteiger partial charge in [0.25, 0.3) is 0 Å². The molecule has 19 heavy (non-hydrogen) atoms. The Kier molecular flexibility index (Phi) is 5.25. The molecule has 1 atom stereocenters. The molecule has 1 rings (SSSR count). The van der Waals surface area contributed by atoms with Crippen LogP contribution in [0.3, 0.4) is 0 Å². The quantitative estimate of drug-likeness (QED) is 0.900. The minimum atomic E-state index is -1.12. The summed E-state index contributed by atoms with van der Waals surface area (Å²) in [5.41, 5.74) is 0.233. The fourth-order valence-corrected chi connectivity index (χ4v) is 2.79. The Labute approximate surface area is 116 Å². The Morgan fingerprint density at radius 1 is 1.37 bits per heavy atom. The Morgan fingerprint density at radius 3 is 2.42 bits per heavy atom. The van der Waals surface area contributed by atoms with Crippen LogP contribution in [-0.2, 0) is 15.6 Å². The summed E-state index contributed by atoms with van der Waals surface area (Å²) in [7, 11) is -1.12. The van der Waals surface area contributed by atoms with Gasteiger partial charge in [-0.3, -0.25) is 9.00 Å². The maximum absolute atomic E-state index is 12.1. The Balaban J connectivity index is 2.64. The fourth-order valence-electron chi connectivity index (χ4n) is 1.41. The molecule has 0 fully saturated rings. The number of hydrogen-bond donors (Lipinski definition) is 1. The van der Waals surface area contributed by atoms with Crippen molar-refractivity contribution in [1.29, 1.82) is 5.26 Å². The maximum atomic E-state index is 12.1. The minimum Gasteiger partial charge on any atom is -0.326 e. The maximum Gasteiger partial charge on any atom is 0.221 e. The molecule has 0 spiro atoms. The second kappa shape index (κ2) is 6.48. The van der Waals surface area contributed by atoms with Gasteiger partial charge in [-0.2, -0.15) is 5.26 Å². The largest absolute Gasteiger partial charge is 0.326 e. The second-order valence-corrected chi connectivity index (χ2v) is 6.57. The molecule has 0 heterocycles. The summed E-state index contributed by atoms with van der Waals surface area (Å²) in [6.07, 6.45) is 0.587. The summed E-state index contributed by atoms with van der Waals surface area (Å²) in [5.74, 6) is 0.324. The molecule has 0 saturated heterocycles. The van der Waals surface area contributed by atoms with E-state index < -0.39 is 16.2 Å². The van der Waals surface area contributed by atoms with Gasteiger partial charge in [-0.1, -0.05) is 0 Å². The van der Waals surface area contributed by atoms with E-state index in [4.69, 9.17) is 5.26 Å². The molecule has 0 aromatic heterocycles. The number of carbonyl (C=O) groups is 1. The number of carbonyl (C=O) groups excluding carboxylic acids is 1. The van der Waals surface area contributed by atoms with Gasteiger partial charge in [0, 0.05) is 23.3 Å². The second-order valence-electron chi connectivity index (χ2n) is 5.00. The highest BCUT2D eigenvalue weighted by atomic mass is 32.2. The van der Waals surface area contributed by atoms with Gasteiger partial charge < -0.3 is 5.32 Å². The zero-order chi connectivity index (χ0) is 14.5. The van der Waals surface area contributed by atoms with Crippen LogP contribution in [-0.4, -0.2) is 15.9 Å². The molecule has 1 aromatic carbocycles. The molecule has 0 saturated carbocycles. The van der Waals surface area contributed by atoms with E-state index in [-0.39, 0.29) is 5.91 Å². The van der Waals surface area contributed by atoms with Crippen LogP contribution in [0.4, 0.5) is 5.69 Å². The first-order valence-corrected chi connectivity index (χ1v) is 7.33. The highest BCUT2D eigenvalue weighted by Gasteiger charge is 2.18. The predicted octanol–water partition coefficient (Wildman–Crippen LogP) is 2.69. The van der Waals surface area contributed by atoms with Crippen LogP contribution in [0.15, 0.2) is 29.2 Å². The highest BCUT2D eigenvalue weighted by Crippen LogP contribution is 2.21. The van der Waals surface area contributed by atoms with Gasteiger partial charge in [0.05, 0.1) is 22.3 Å². The average Bonchev–Trinajstić information content (AvgIpc) is 2.36. The first-order valence-electron chi connectivity index (χ1n) is 6.01. The Morgan fingerprint density at radius 2 is 1.95 bits per heavy atom. The van der Waals surface area contributed by atoms with E-state index >= 15 is 0 Å². The zero-order valence-electron chi connectivity index (χ0n) is 11.4. The van der Waals surface area contributed by atoms with Crippen molar-refractivity contribution in [3.63, 3.8) is 0 Å². The summed E-state index contributed by atoms with van der Waals surface area (Å²) in [5, 5.41) is 11.6. The normalized spacial score (nSPS) is 12.5. The van der Waals surface area contributed by atoms with Crippen molar-refractivity contribution in [2.75, 3.05) is 11.1 Å². The molecule has 5 heteroatoms. The third-order valence-corrected chi connectivity index (χ3v) is 4.03. The number of nitrogens with zero attached hydrogens (tertiary/aromatic N) is 1. The molecule has 0 aliphatic carbocycles. The summed E-state index contributed by atoms with van der Waals surface area (Å²) in [6.45, 7) is 5.12. The van der Waals surface area contributed by atoms with Crippen molar-refractivity contribution in [1.82, 2.24) is 0 Å². The Bertz CT molecular complexity index is 515. The number of amides is 1. The molecule has 0 aliphatic heterocycles. The van der Waals surface area contributed by atoms with Crippen LogP contribution >= 0.6 is 0 Å². The lowest BCUT2D eigenvalue weighted by atomic mass is 9.93. The van der Waals surface area contributed by atoms with E-state index in [1.165, 1.54) is 6.92 Å². The average molecular weight is 278 g/mol. The van der Waals surface area contributed by atoms with Gasteiger partial charge in [-0.25, -0.2) is 0 Å². The summed E-state index contributed by atoms with van der Waals surface area (Å²) in [4.78, 5) is 11.6. The first-order chi connectivity index (χ1) is 8.84. The van der Waals surface area contributed by atoms with Crippen molar-refractivity contribution in [3.05, 3.63) is 24.3 Å². The van der Waals surface area contributed by atoms with Gasteiger partial charge in [0.1, 0.15) is 0 Å². The number of nitrogens with one attached hydrogen (secondary N) is 1. The zero-order valence-corrected chi connectivity index (χ0v) is 12.2. The SMILES string of the molecule is CC(=O)Nc1ccc([S@@](=O)CCC(C)(C)C#N)cc1. The minimum absolute atomic E-state index is 0.135. The van der Waals surface area contributed by atoms with Crippen molar-refractivity contribution in [3.8, 4) is 6.07 Å². The van der Waals surface area contributed by atoms with E-state index in [2.05, 4.69) is 11.4 Å². The fraction of sp³-hybridized carbons (Fsp3) is 0.429. The van der Waals surface area contributed by atoms with E-state index in [9.17, 15) is 9.00 Å². The van der Waals surface area contributed by atoms with Gasteiger partial charge in [0.2, 0.25) is 5.91 Å². The topological polar surface area (TPSA) is 70.0 Å². The molecule has 0 bridgehead atoms. The van der Waals surface area contributed by atoms with Crippen molar-refractivity contribution in [2.45, 2.75) is 32.1 Å². The van der Waals surface area contributed by atoms with Crippen LogP contribution in [0.5, 0.6) is 0 Å². The third kappa shape index (κ3) is 5.23. The number of nitriles is 1. The number of rotatable bonds is 5. The van der Waals surface area contributed by atoms with Crippen LogP contribution < -0.4 is 5.32 Å². The van der Waals surface area contributed by atoms with Crippen LogP contribution in [0.2, 0.25) is 0 Å². The molecule has 1 N–H and O–H groups in total. The lowest BCUT2D eigenvalue weighted by molar-refractivity contribution is -0.114. The number of anilines is 1. The molecular weight excluding hydrogens is 260 g/mol. The highest BCUT2D eigenvalue weighted by molar-refractivity contribution is 7.85. The smallest absolute Gasteiger partial charge is 0.221 e. The van der Waals surface area contributed by atoms with Gasteiger partial charge in [0.15, 0.2) is 0 Å². The molecule has 0 unspecified atom stereocenters. The van der Waals surface area contributed by atoms with Gasteiger partial charge in [-0.05, 0) is 44.5 Å². The summed E-state index contributed by atoms with van der Waals surface area (Å²) in [6, 6.07) is 9.12. The monoisotopic (exact) mass is 278 g/mol. The van der Waals surface area contributed by atoms with E-state index in [1.807, 2.05) is 13.8 Å². The third-order valence-electron chi connectivity index (χ3n) is 2.65. The molecule has 4 nitrogen and oxygen atoms in total. The lowest BCUT2D eigenvalue weighted by Gasteiger charge is -2.14. The Hall–Kier alpha value is -1.67. The summed E-state index contributed by atoms with van der Waals surface area (Å²) >= 11 is 0. The summed E-state index contributed by atoms with van der Waals surface area (Å²) < 4.78 is 12.1. The van der Waals surface area contributed by atoms with Crippen molar-refractivity contribution >= 4 is 22.4 Å². The van der Waals surface area contributed by atoms with Crippen molar-refractivity contribution in [2.24, 2.45) is 5.41 Å². The van der Waals surface area contributed by atoms with Gasteiger partial charge >= 0.3 is 0 Å². The van der Waals surface area contributed by atoms with Crippen LogP contribution in [0, 0.1) is 16.7 Å². The van der Waals surface area contributed by atoms with Crippen molar-refractivity contribution < 1.29 is 9.00 Å². The molecular formula is C14H18N2O2S. The standard InChI is InChI=1S/C14H18N2O2S/c1-11(17)16-12-4-6-13(7-5-12)19(18)9-8-14(2,3)10-15/h4-7H,8-9H2,1-3H3,(H,16,17)/t19-/m0/s1. The van der Waals surface area contributed by atoms with E-state index in [1.54, 1.807) is 24.3 Å². The molecule has 1 amide bonds. The van der Waals surface area contributed by atoms with Gasteiger partial charge in [-0.15, -0.1) is 0 Å².